The molecule has 3 saturated carbocycles. The molecule has 0 radical (unpaired) electrons. The van der Waals surface area contributed by atoms with E-state index in [0.717, 1.165) is 54.8 Å². The zero-order valence-electron chi connectivity index (χ0n) is 32.6. The second kappa shape index (κ2) is 18.4. The SMILES string of the molecule is CCOC(=O)CCN(CC(=O)OCC)C(=O)CCCCC(=O)O[C@H]1CC[C@@]2(C)C(=CCC3C2CC[C@@]2(C)C3CC[C@@H]2C(C)CCCC(C)C)C1. The molecule has 3 fully saturated rings. The van der Waals surface area contributed by atoms with Crippen LogP contribution in [0.3, 0.4) is 0 Å². The van der Waals surface area contributed by atoms with Crippen LogP contribution in [0.25, 0.3) is 0 Å². The number of allylic oxidation sites excluding steroid dienone is 1. The van der Waals surface area contributed by atoms with Crippen molar-refractivity contribution in [3.05, 3.63) is 11.6 Å². The molecule has 4 aliphatic carbocycles. The number of carbonyl (C=O) groups excluding carboxylic acids is 4. The number of carbonyl (C=O) groups is 4. The summed E-state index contributed by atoms with van der Waals surface area (Å²) < 4.78 is 16.0. The number of esters is 3. The van der Waals surface area contributed by atoms with Crippen molar-refractivity contribution < 1.29 is 33.4 Å². The Morgan fingerprint density at radius 1 is 0.820 bits per heavy atom. The lowest BCUT2D eigenvalue weighted by Gasteiger charge is -2.58. The molecule has 0 bridgehead atoms. The summed E-state index contributed by atoms with van der Waals surface area (Å²) in [5, 5.41) is 0. The van der Waals surface area contributed by atoms with E-state index in [1.54, 1.807) is 13.8 Å². The van der Waals surface area contributed by atoms with Crippen LogP contribution in [0.2, 0.25) is 0 Å². The first-order valence-corrected chi connectivity index (χ1v) is 20.3. The topological polar surface area (TPSA) is 99.2 Å². The Morgan fingerprint density at radius 2 is 1.54 bits per heavy atom. The van der Waals surface area contributed by atoms with Gasteiger partial charge in [0.05, 0.1) is 19.6 Å². The second-order valence-electron chi connectivity index (χ2n) is 17.0. The summed E-state index contributed by atoms with van der Waals surface area (Å²) in [6.07, 6.45) is 17.7. The molecule has 4 unspecified atom stereocenters. The Balaban J connectivity index is 1.24. The molecule has 0 N–H and O–H groups in total. The minimum Gasteiger partial charge on any atom is -0.466 e. The van der Waals surface area contributed by atoms with Crippen molar-refractivity contribution in [1.29, 1.82) is 0 Å². The van der Waals surface area contributed by atoms with E-state index >= 15 is 0 Å². The van der Waals surface area contributed by atoms with E-state index in [1.807, 2.05) is 0 Å². The summed E-state index contributed by atoms with van der Waals surface area (Å²) in [4.78, 5) is 51.0. The zero-order chi connectivity index (χ0) is 36.5. The largest absolute Gasteiger partial charge is 0.466 e. The van der Waals surface area contributed by atoms with Crippen LogP contribution in [0.5, 0.6) is 0 Å². The maximum absolute atomic E-state index is 12.9. The molecule has 0 aromatic heterocycles. The van der Waals surface area contributed by atoms with Gasteiger partial charge in [0.15, 0.2) is 0 Å². The Hall–Kier alpha value is -2.38. The van der Waals surface area contributed by atoms with Gasteiger partial charge in [0.2, 0.25) is 5.91 Å². The van der Waals surface area contributed by atoms with E-state index < -0.39 is 11.9 Å². The van der Waals surface area contributed by atoms with Gasteiger partial charge in [-0.05, 0) is 118 Å². The summed E-state index contributed by atoms with van der Waals surface area (Å²) in [5.41, 5.74) is 2.23. The van der Waals surface area contributed by atoms with Gasteiger partial charge in [-0.15, -0.1) is 0 Å². The maximum Gasteiger partial charge on any atom is 0.325 e. The van der Waals surface area contributed by atoms with Gasteiger partial charge in [-0.3, -0.25) is 19.2 Å². The molecule has 0 aliphatic heterocycles. The number of nitrogens with zero attached hydrogens (tertiary/aromatic N) is 1. The molecule has 0 saturated heterocycles. The highest BCUT2D eigenvalue weighted by molar-refractivity contribution is 5.82. The smallest absolute Gasteiger partial charge is 0.325 e. The van der Waals surface area contributed by atoms with E-state index in [4.69, 9.17) is 14.2 Å². The van der Waals surface area contributed by atoms with Crippen LogP contribution in [-0.4, -0.2) is 61.1 Å². The quantitative estimate of drug-likeness (QED) is 0.0610. The first-order chi connectivity index (χ1) is 23.8. The highest BCUT2D eigenvalue weighted by Gasteiger charge is 2.59. The standard InChI is InChI=1S/C42H69NO7/c1-8-48-38(45)23-26-43(28-40(47)49-9-2)37(44)15-10-11-16-39(46)50-32-21-24-41(6)31(27-32)17-18-33-35-20-19-34(30(5)14-12-13-29(3)4)42(35,7)25-22-36(33)41/h17,29-30,32-36H,8-16,18-28H2,1-7H3/t30?,32-,33?,34+,35?,36?,41-,42+/m0/s1. The molecule has 0 heterocycles. The van der Waals surface area contributed by atoms with Crippen molar-refractivity contribution in [3.63, 3.8) is 0 Å². The van der Waals surface area contributed by atoms with Crippen molar-refractivity contribution in [2.24, 2.45) is 46.3 Å². The first kappa shape index (κ1) is 40.4. The fraction of sp³-hybridized carbons (Fsp3) is 0.857. The number of fused-ring (bicyclic) bond motifs is 5. The Kier molecular flexibility index (Phi) is 14.9. The summed E-state index contributed by atoms with van der Waals surface area (Å²) >= 11 is 0. The summed E-state index contributed by atoms with van der Waals surface area (Å²) in [5.74, 6) is 3.51. The molecule has 0 aromatic rings. The minimum atomic E-state index is -0.507. The number of hydrogen-bond donors (Lipinski definition) is 0. The molecular weight excluding hydrogens is 630 g/mol. The fourth-order valence-corrected chi connectivity index (χ4v) is 10.8. The van der Waals surface area contributed by atoms with E-state index in [2.05, 4.69) is 40.7 Å². The van der Waals surface area contributed by atoms with E-state index in [-0.39, 0.29) is 69.0 Å². The van der Waals surface area contributed by atoms with E-state index in [0.29, 0.717) is 18.3 Å². The third kappa shape index (κ3) is 9.93. The van der Waals surface area contributed by atoms with Gasteiger partial charge >= 0.3 is 17.9 Å². The highest BCUT2D eigenvalue weighted by atomic mass is 16.5. The van der Waals surface area contributed by atoms with Crippen molar-refractivity contribution in [1.82, 2.24) is 4.90 Å². The Labute approximate surface area is 303 Å². The summed E-state index contributed by atoms with van der Waals surface area (Å²) in [7, 11) is 0. The molecule has 284 valence electrons. The number of hydrogen-bond acceptors (Lipinski definition) is 7. The molecule has 4 aliphatic rings. The van der Waals surface area contributed by atoms with Crippen LogP contribution in [-0.2, 0) is 33.4 Å². The highest BCUT2D eigenvalue weighted by Crippen LogP contribution is 2.67. The Bertz CT molecular complexity index is 1200. The molecule has 1 amide bonds. The molecule has 0 spiro atoms. The second-order valence-corrected chi connectivity index (χ2v) is 17.0. The van der Waals surface area contributed by atoms with Crippen LogP contribution < -0.4 is 0 Å². The third-order valence-corrected chi connectivity index (χ3v) is 13.4. The van der Waals surface area contributed by atoms with Crippen LogP contribution in [0.15, 0.2) is 11.6 Å². The zero-order valence-corrected chi connectivity index (χ0v) is 32.6. The number of amides is 1. The molecule has 8 heteroatoms. The molecule has 50 heavy (non-hydrogen) atoms. The summed E-state index contributed by atoms with van der Waals surface area (Å²) in [6, 6.07) is 0. The monoisotopic (exact) mass is 700 g/mol. The van der Waals surface area contributed by atoms with Crippen molar-refractivity contribution >= 4 is 23.8 Å². The van der Waals surface area contributed by atoms with Gasteiger partial charge in [0.1, 0.15) is 12.6 Å². The van der Waals surface area contributed by atoms with Crippen molar-refractivity contribution in [2.75, 3.05) is 26.3 Å². The fourth-order valence-electron chi connectivity index (χ4n) is 10.8. The lowest BCUT2D eigenvalue weighted by Crippen LogP contribution is -2.51. The van der Waals surface area contributed by atoms with E-state index in [9.17, 15) is 19.2 Å². The van der Waals surface area contributed by atoms with Gasteiger partial charge in [-0.2, -0.15) is 0 Å². The Morgan fingerprint density at radius 3 is 2.26 bits per heavy atom. The van der Waals surface area contributed by atoms with Crippen LogP contribution >= 0.6 is 0 Å². The summed E-state index contributed by atoms with van der Waals surface area (Å²) in [6.45, 7) is 16.2. The van der Waals surface area contributed by atoms with Crippen LogP contribution in [0, 0.1) is 46.3 Å². The average Bonchev–Trinajstić information content (AvgIpc) is 3.42. The molecule has 8 nitrogen and oxygen atoms in total. The van der Waals surface area contributed by atoms with Gasteiger partial charge < -0.3 is 19.1 Å². The predicted octanol–water partition coefficient (Wildman–Crippen LogP) is 8.84. The number of rotatable bonds is 18. The van der Waals surface area contributed by atoms with Crippen LogP contribution in [0.4, 0.5) is 0 Å². The van der Waals surface area contributed by atoms with Gasteiger partial charge in [-0.1, -0.05) is 65.5 Å². The predicted molar refractivity (Wildman–Crippen MR) is 196 cm³/mol. The normalized spacial score (nSPS) is 30.7. The maximum atomic E-state index is 12.9. The molecular formula is C42H69NO7. The van der Waals surface area contributed by atoms with Crippen molar-refractivity contribution in [2.45, 2.75) is 157 Å². The van der Waals surface area contributed by atoms with Gasteiger partial charge in [0, 0.05) is 25.8 Å². The molecule has 0 aromatic carbocycles. The van der Waals surface area contributed by atoms with Gasteiger partial charge in [-0.25, -0.2) is 0 Å². The third-order valence-electron chi connectivity index (χ3n) is 13.4. The number of ether oxygens (including phenoxy) is 3. The van der Waals surface area contributed by atoms with Gasteiger partial charge in [0.25, 0.3) is 0 Å². The van der Waals surface area contributed by atoms with Crippen LogP contribution in [0.1, 0.15) is 151 Å². The lowest BCUT2D eigenvalue weighted by atomic mass is 9.47. The van der Waals surface area contributed by atoms with E-state index in [1.165, 1.54) is 61.8 Å². The average molecular weight is 700 g/mol. The molecule has 8 atom stereocenters. The number of unbranched alkanes of at least 4 members (excludes halogenated alkanes) is 1. The van der Waals surface area contributed by atoms with Crippen molar-refractivity contribution in [3.8, 4) is 0 Å². The first-order valence-electron chi connectivity index (χ1n) is 20.3. The molecule has 4 rings (SSSR count). The minimum absolute atomic E-state index is 0.0158. The lowest BCUT2D eigenvalue weighted by molar-refractivity contribution is -0.152.